The van der Waals surface area contributed by atoms with Gasteiger partial charge >= 0.3 is 0 Å². The summed E-state index contributed by atoms with van der Waals surface area (Å²) in [5.41, 5.74) is -0.414. The van der Waals surface area contributed by atoms with Crippen molar-refractivity contribution in [2.75, 3.05) is 7.05 Å². The van der Waals surface area contributed by atoms with Crippen LogP contribution in [-0.2, 0) is 7.05 Å². The van der Waals surface area contributed by atoms with Gasteiger partial charge in [0.2, 0.25) is 0 Å². The first kappa shape index (κ1) is 7.79. The summed E-state index contributed by atoms with van der Waals surface area (Å²) in [4.78, 5) is 14.9. The number of hydrogen-bond donors (Lipinski definition) is 1. The number of rotatable bonds is 2. The van der Waals surface area contributed by atoms with Crippen LogP contribution in [0.5, 0.6) is 0 Å². The summed E-state index contributed by atoms with van der Waals surface area (Å²) in [6.45, 7) is 0. The fraction of sp³-hybridized carbons (Fsp3) is 0.556. The highest BCUT2D eigenvalue weighted by atomic mass is 16.2. The third kappa shape index (κ3) is 2.53. The van der Waals surface area contributed by atoms with Crippen LogP contribution in [0.2, 0.25) is 0 Å². The molecule has 5 nitrogen and oxygen atoms in total. The molecule has 0 aliphatic carbocycles. The standard InChI is InChI=1S/C18H24N4O/c1-21-13-6-5-7-14(21)11-12(10-13)19-18(23)17-15-8-3-4-9-16(15)22(2)20-17/h3-4,8-9,12-14H,5-7,10-11H2,1-2H3,(H,19,23)/i3D,4D,8D,9D,10D2,11D2,12D. The maximum atomic E-state index is 13.3. The van der Waals surface area contributed by atoms with Crippen LogP contribution in [0.3, 0.4) is 0 Å². The van der Waals surface area contributed by atoms with Crippen LogP contribution in [0.15, 0.2) is 24.2 Å². The van der Waals surface area contributed by atoms with Crippen molar-refractivity contribution in [2.45, 2.75) is 50.1 Å². The molecule has 2 saturated heterocycles. The summed E-state index contributed by atoms with van der Waals surface area (Å²) in [7, 11) is 3.04. The molecule has 23 heavy (non-hydrogen) atoms. The molecule has 2 unspecified atom stereocenters. The minimum atomic E-state index is -2.64. The van der Waals surface area contributed by atoms with Crippen LogP contribution in [0.4, 0.5) is 0 Å². The number of aromatic nitrogens is 2. The van der Waals surface area contributed by atoms with E-state index in [1.165, 1.54) is 7.05 Å². The van der Waals surface area contributed by atoms with Crippen LogP contribution in [0.1, 0.15) is 54.8 Å². The number of carbonyl (C=O) groups is 1. The minimum absolute atomic E-state index is 0.00792. The van der Waals surface area contributed by atoms with E-state index in [2.05, 4.69) is 10.4 Å². The second kappa shape index (κ2) is 5.64. The first-order valence-electron chi connectivity index (χ1n) is 12.2. The summed E-state index contributed by atoms with van der Waals surface area (Å²) in [5.74, 6) is -1.06. The maximum Gasteiger partial charge on any atom is 0.272 e. The molecule has 2 fully saturated rings. The Kier molecular flexibility index (Phi) is 1.91. The Morgan fingerprint density at radius 2 is 2.04 bits per heavy atom. The van der Waals surface area contributed by atoms with Gasteiger partial charge in [0.15, 0.2) is 5.69 Å². The molecule has 5 heteroatoms. The summed E-state index contributed by atoms with van der Waals surface area (Å²) >= 11 is 0. The molecule has 2 aromatic rings. The summed E-state index contributed by atoms with van der Waals surface area (Å²) in [5, 5.41) is 6.12. The van der Waals surface area contributed by atoms with E-state index in [4.69, 9.17) is 12.3 Å². The second-order valence-corrected chi connectivity index (χ2v) is 5.94. The maximum absolute atomic E-state index is 13.3. The molecule has 2 atom stereocenters. The number of fused-ring (bicyclic) bond motifs is 3. The lowest BCUT2D eigenvalue weighted by molar-refractivity contribution is 0.0462. The van der Waals surface area contributed by atoms with Crippen molar-refractivity contribution < 1.29 is 17.1 Å². The zero-order chi connectivity index (χ0) is 24.0. The number of piperidine rings is 2. The van der Waals surface area contributed by atoms with Gasteiger partial charge in [0.05, 0.1) is 12.4 Å². The van der Waals surface area contributed by atoms with Gasteiger partial charge in [-0.25, -0.2) is 0 Å². The quantitative estimate of drug-likeness (QED) is 0.923. The van der Waals surface area contributed by atoms with Gasteiger partial charge in [-0.2, -0.15) is 5.10 Å². The molecule has 1 aromatic carbocycles. The molecule has 122 valence electrons. The van der Waals surface area contributed by atoms with Crippen molar-refractivity contribution >= 4 is 16.8 Å². The Balaban J connectivity index is 1.85. The minimum Gasteiger partial charge on any atom is -0.348 e. The van der Waals surface area contributed by atoms with Crippen LogP contribution in [0.25, 0.3) is 10.9 Å². The Bertz CT molecular complexity index is 1110. The fourth-order valence-corrected chi connectivity index (χ4v) is 3.23. The summed E-state index contributed by atoms with van der Waals surface area (Å²) in [6.07, 6.45) is -3.42. The van der Waals surface area contributed by atoms with Crippen LogP contribution in [0, 0.1) is 0 Å². The molecule has 0 saturated carbocycles. The normalized spacial score (nSPS) is 41.2. The topological polar surface area (TPSA) is 50.2 Å². The van der Waals surface area contributed by atoms with Crippen molar-refractivity contribution in [3.05, 3.63) is 29.9 Å². The molecule has 2 bridgehead atoms. The highest BCUT2D eigenvalue weighted by molar-refractivity contribution is 6.04. The molecule has 1 aromatic heterocycles. The number of benzene rings is 1. The largest absolute Gasteiger partial charge is 0.348 e. The number of amides is 1. The third-order valence-electron chi connectivity index (χ3n) is 4.49. The lowest BCUT2D eigenvalue weighted by Crippen LogP contribution is -2.55. The Morgan fingerprint density at radius 3 is 2.78 bits per heavy atom. The average molecular weight is 321 g/mol. The van der Waals surface area contributed by atoms with E-state index in [1.807, 2.05) is 0 Å². The number of hydrogen-bond acceptors (Lipinski definition) is 3. The first-order valence-corrected chi connectivity index (χ1v) is 7.66. The smallest absolute Gasteiger partial charge is 0.272 e. The van der Waals surface area contributed by atoms with Gasteiger partial charge in [0.25, 0.3) is 5.91 Å². The number of aryl methyl sites for hydroxylation is 1. The Morgan fingerprint density at radius 1 is 1.35 bits per heavy atom. The second-order valence-electron chi connectivity index (χ2n) is 5.94. The van der Waals surface area contributed by atoms with Crippen molar-refractivity contribution in [3.63, 3.8) is 0 Å². The average Bonchev–Trinajstić information content (AvgIpc) is 3.06. The van der Waals surface area contributed by atoms with Crippen molar-refractivity contribution in [1.29, 1.82) is 0 Å². The van der Waals surface area contributed by atoms with Crippen molar-refractivity contribution in [2.24, 2.45) is 7.05 Å². The molecular weight excluding hydrogens is 288 g/mol. The van der Waals surface area contributed by atoms with E-state index < -0.39 is 60.6 Å². The molecule has 1 amide bonds. The van der Waals surface area contributed by atoms with Gasteiger partial charge in [-0.1, -0.05) is 24.5 Å². The van der Waals surface area contributed by atoms with Gasteiger partial charge in [-0.05, 0) is 38.7 Å². The third-order valence-corrected chi connectivity index (χ3v) is 4.49. The van der Waals surface area contributed by atoms with Crippen LogP contribution < -0.4 is 5.32 Å². The number of carbonyl (C=O) groups excluding carboxylic acids is 1. The van der Waals surface area contributed by atoms with Gasteiger partial charge in [0, 0.05) is 36.0 Å². The van der Waals surface area contributed by atoms with E-state index in [0.29, 0.717) is 19.3 Å². The van der Waals surface area contributed by atoms with E-state index >= 15 is 0 Å². The first-order chi connectivity index (χ1) is 14.7. The van der Waals surface area contributed by atoms with Gasteiger partial charge in [0.1, 0.15) is 0 Å². The molecule has 0 radical (unpaired) electrons. The summed E-state index contributed by atoms with van der Waals surface area (Å²) < 4.78 is 76.7. The lowest BCUT2D eigenvalue weighted by atomic mass is 9.82. The van der Waals surface area contributed by atoms with Gasteiger partial charge < -0.3 is 10.2 Å². The summed E-state index contributed by atoms with van der Waals surface area (Å²) in [6, 6.07) is -6.07. The van der Waals surface area contributed by atoms with Crippen molar-refractivity contribution in [3.8, 4) is 0 Å². The predicted molar refractivity (Wildman–Crippen MR) is 90.4 cm³/mol. The van der Waals surface area contributed by atoms with Gasteiger partial charge in [-0.15, -0.1) is 0 Å². The predicted octanol–water partition coefficient (Wildman–Crippen LogP) is 2.32. The lowest BCUT2D eigenvalue weighted by Gasteiger charge is -2.47. The van der Waals surface area contributed by atoms with Crippen molar-refractivity contribution in [1.82, 2.24) is 20.0 Å². The highest BCUT2D eigenvalue weighted by Crippen LogP contribution is 2.32. The number of nitrogens with zero attached hydrogens (tertiary/aromatic N) is 3. The van der Waals surface area contributed by atoms with E-state index in [-0.39, 0.29) is 16.9 Å². The highest BCUT2D eigenvalue weighted by Gasteiger charge is 2.36. The number of nitrogens with one attached hydrogen (secondary N) is 1. The van der Waals surface area contributed by atoms with E-state index in [9.17, 15) is 4.79 Å². The number of para-hydroxylation sites is 1. The molecule has 3 heterocycles. The molecular formula is C18H24N4O. The Hall–Kier alpha value is -1.88. The zero-order valence-corrected chi connectivity index (χ0v) is 13.0. The Labute approximate surface area is 149 Å². The SMILES string of the molecule is [2H]c1c([2H])c([2H])c2c(c(C(=O)NC3([2H])C([2H])([2H])C4CCCC(N4C)C3([2H])[2H])nn2C)c1[2H]. The molecule has 0 spiro atoms. The monoisotopic (exact) mass is 321 g/mol. The van der Waals surface area contributed by atoms with Crippen LogP contribution in [-0.4, -0.2) is 45.7 Å². The molecule has 1 N–H and O–H groups in total. The van der Waals surface area contributed by atoms with E-state index in [0.717, 1.165) is 4.68 Å². The fourth-order valence-electron chi connectivity index (χ4n) is 3.23. The zero-order valence-electron chi connectivity index (χ0n) is 22.0. The van der Waals surface area contributed by atoms with Crippen LogP contribution >= 0.6 is 0 Å². The van der Waals surface area contributed by atoms with E-state index in [1.54, 1.807) is 11.9 Å². The molecule has 4 rings (SSSR count). The molecule has 2 aliphatic rings. The van der Waals surface area contributed by atoms with Gasteiger partial charge in [-0.3, -0.25) is 9.48 Å². The molecule has 2 aliphatic heterocycles.